The van der Waals surface area contributed by atoms with Crippen molar-refractivity contribution < 1.29 is 14.7 Å². The number of aliphatic carboxylic acids is 1. The molecular weight excluding hydrogens is 262 g/mol. The predicted octanol–water partition coefficient (Wildman–Crippen LogP) is 1.42. The summed E-state index contributed by atoms with van der Waals surface area (Å²) in [6.45, 7) is -0.270. The van der Waals surface area contributed by atoms with E-state index in [4.69, 9.17) is 5.11 Å². The van der Waals surface area contributed by atoms with E-state index in [0.717, 1.165) is 10.0 Å². The maximum atomic E-state index is 11.5. The molecule has 1 amide bonds. The van der Waals surface area contributed by atoms with E-state index >= 15 is 0 Å². The van der Waals surface area contributed by atoms with Gasteiger partial charge in [-0.1, -0.05) is 15.9 Å². The molecule has 0 aromatic heterocycles. The van der Waals surface area contributed by atoms with Gasteiger partial charge in [-0.25, -0.2) is 0 Å². The number of carbonyl (C=O) groups is 2. The van der Waals surface area contributed by atoms with E-state index in [1.54, 1.807) is 12.1 Å². The van der Waals surface area contributed by atoms with Crippen molar-refractivity contribution in [2.45, 2.75) is 6.42 Å². The van der Waals surface area contributed by atoms with Gasteiger partial charge in [0.25, 0.3) is 0 Å². The van der Waals surface area contributed by atoms with Gasteiger partial charge in [0.15, 0.2) is 0 Å². The molecule has 1 heterocycles. The molecule has 4 nitrogen and oxygen atoms in total. The molecule has 1 aliphatic rings. The lowest BCUT2D eigenvalue weighted by Crippen LogP contribution is -2.32. The highest BCUT2D eigenvalue weighted by Crippen LogP contribution is 2.30. The predicted molar refractivity (Wildman–Crippen MR) is 57.8 cm³/mol. The fourth-order valence-corrected chi connectivity index (χ4v) is 2.07. The SMILES string of the molecule is O=C(O)CN1C(=O)Cc2cc(Br)ccc21. The van der Waals surface area contributed by atoms with Crippen LogP contribution in [0, 0.1) is 0 Å². The lowest BCUT2D eigenvalue weighted by atomic mass is 10.2. The summed E-state index contributed by atoms with van der Waals surface area (Å²) in [5, 5.41) is 8.67. The molecule has 0 radical (unpaired) electrons. The van der Waals surface area contributed by atoms with Gasteiger partial charge in [0.05, 0.1) is 6.42 Å². The maximum Gasteiger partial charge on any atom is 0.323 e. The zero-order valence-electron chi connectivity index (χ0n) is 7.74. The molecule has 0 fully saturated rings. The Hall–Kier alpha value is -1.36. The first kappa shape index (κ1) is 10.2. The lowest BCUT2D eigenvalue weighted by Gasteiger charge is -2.14. The minimum atomic E-state index is -1.00. The van der Waals surface area contributed by atoms with Crippen LogP contribution in [0.1, 0.15) is 5.56 Å². The van der Waals surface area contributed by atoms with E-state index in [-0.39, 0.29) is 18.9 Å². The second kappa shape index (κ2) is 3.66. The summed E-state index contributed by atoms with van der Waals surface area (Å²) < 4.78 is 0.895. The molecule has 0 aliphatic carbocycles. The molecule has 1 aromatic rings. The summed E-state index contributed by atoms with van der Waals surface area (Å²) in [6, 6.07) is 5.40. The van der Waals surface area contributed by atoms with Gasteiger partial charge < -0.3 is 10.0 Å². The normalized spacial score (nSPS) is 14.2. The molecule has 0 saturated heterocycles. The fraction of sp³-hybridized carbons (Fsp3) is 0.200. The average molecular weight is 270 g/mol. The topological polar surface area (TPSA) is 57.6 Å². The molecule has 0 saturated carbocycles. The number of carboxylic acids is 1. The van der Waals surface area contributed by atoms with Crippen LogP contribution in [0.15, 0.2) is 22.7 Å². The monoisotopic (exact) mass is 269 g/mol. The van der Waals surface area contributed by atoms with Crippen LogP contribution in [0.3, 0.4) is 0 Å². The first-order chi connectivity index (χ1) is 7.08. The van der Waals surface area contributed by atoms with Crippen molar-refractivity contribution in [1.82, 2.24) is 0 Å². The molecular formula is C10H8BrNO3. The van der Waals surface area contributed by atoms with Crippen molar-refractivity contribution >= 4 is 33.5 Å². The van der Waals surface area contributed by atoms with Crippen LogP contribution >= 0.6 is 15.9 Å². The molecule has 5 heteroatoms. The van der Waals surface area contributed by atoms with Crippen LogP contribution in [0.4, 0.5) is 5.69 Å². The van der Waals surface area contributed by atoms with Crippen LogP contribution in [0.5, 0.6) is 0 Å². The minimum Gasteiger partial charge on any atom is -0.480 e. The van der Waals surface area contributed by atoms with Crippen LogP contribution < -0.4 is 4.90 Å². The number of nitrogens with zero attached hydrogens (tertiary/aromatic N) is 1. The number of anilines is 1. The van der Waals surface area contributed by atoms with Gasteiger partial charge in [0.2, 0.25) is 5.91 Å². The maximum absolute atomic E-state index is 11.5. The van der Waals surface area contributed by atoms with Crippen molar-refractivity contribution in [2.24, 2.45) is 0 Å². The Bertz CT molecular complexity index is 444. The van der Waals surface area contributed by atoms with Crippen molar-refractivity contribution in [3.8, 4) is 0 Å². The van der Waals surface area contributed by atoms with Crippen molar-refractivity contribution in [3.63, 3.8) is 0 Å². The van der Waals surface area contributed by atoms with Crippen LogP contribution in [0.25, 0.3) is 0 Å². The molecule has 0 atom stereocenters. The van der Waals surface area contributed by atoms with E-state index in [1.807, 2.05) is 6.07 Å². The number of carboxylic acid groups (broad SMARTS) is 1. The molecule has 0 unspecified atom stereocenters. The van der Waals surface area contributed by atoms with Gasteiger partial charge in [-0.2, -0.15) is 0 Å². The number of hydrogen-bond donors (Lipinski definition) is 1. The first-order valence-corrected chi connectivity index (χ1v) is 5.18. The second-order valence-corrected chi connectivity index (χ2v) is 4.24. The van der Waals surface area contributed by atoms with Crippen molar-refractivity contribution in [2.75, 3.05) is 11.4 Å². The number of amides is 1. The van der Waals surface area contributed by atoms with Crippen molar-refractivity contribution in [1.29, 1.82) is 0 Å². The first-order valence-electron chi connectivity index (χ1n) is 4.38. The van der Waals surface area contributed by atoms with Gasteiger partial charge in [-0.3, -0.25) is 9.59 Å². The molecule has 1 aliphatic heterocycles. The van der Waals surface area contributed by atoms with E-state index in [2.05, 4.69) is 15.9 Å². The Morgan fingerprint density at radius 3 is 2.93 bits per heavy atom. The summed E-state index contributed by atoms with van der Waals surface area (Å²) in [5.41, 5.74) is 1.57. The largest absolute Gasteiger partial charge is 0.480 e. The Morgan fingerprint density at radius 2 is 2.27 bits per heavy atom. The summed E-state index contributed by atoms with van der Waals surface area (Å²) in [7, 11) is 0. The van der Waals surface area contributed by atoms with Gasteiger partial charge in [-0.15, -0.1) is 0 Å². The third kappa shape index (κ3) is 1.87. The average Bonchev–Trinajstić information content (AvgIpc) is 2.41. The zero-order chi connectivity index (χ0) is 11.0. The fourth-order valence-electron chi connectivity index (χ4n) is 1.66. The van der Waals surface area contributed by atoms with Crippen LogP contribution in [0.2, 0.25) is 0 Å². The highest BCUT2D eigenvalue weighted by molar-refractivity contribution is 9.10. The third-order valence-corrected chi connectivity index (χ3v) is 2.76. The van der Waals surface area contributed by atoms with E-state index in [0.29, 0.717) is 5.69 Å². The summed E-state index contributed by atoms with van der Waals surface area (Å²) in [6.07, 6.45) is 0.280. The minimum absolute atomic E-state index is 0.162. The number of hydrogen-bond acceptors (Lipinski definition) is 2. The zero-order valence-corrected chi connectivity index (χ0v) is 9.32. The molecule has 2 rings (SSSR count). The number of rotatable bonds is 2. The molecule has 15 heavy (non-hydrogen) atoms. The third-order valence-electron chi connectivity index (χ3n) is 2.27. The summed E-state index contributed by atoms with van der Waals surface area (Å²) >= 11 is 3.31. The van der Waals surface area contributed by atoms with E-state index in [1.165, 1.54) is 4.90 Å². The number of benzene rings is 1. The number of fused-ring (bicyclic) bond motifs is 1. The van der Waals surface area contributed by atoms with E-state index < -0.39 is 5.97 Å². The molecule has 1 aromatic carbocycles. The van der Waals surface area contributed by atoms with Gasteiger partial charge >= 0.3 is 5.97 Å². The summed E-state index contributed by atoms with van der Waals surface area (Å²) in [5.74, 6) is -1.16. The van der Waals surface area contributed by atoms with Crippen LogP contribution in [-0.4, -0.2) is 23.5 Å². The Morgan fingerprint density at radius 1 is 1.53 bits per heavy atom. The summed E-state index contributed by atoms with van der Waals surface area (Å²) in [4.78, 5) is 23.4. The Balaban J connectivity index is 2.37. The smallest absolute Gasteiger partial charge is 0.323 e. The van der Waals surface area contributed by atoms with E-state index in [9.17, 15) is 9.59 Å². The molecule has 0 spiro atoms. The second-order valence-electron chi connectivity index (χ2n) is 3.32. The lowest BCUT2D eigenvalue weighted by molar-refractivity contribution is -0.136. The van der Waals surface area contributed by atoms with Crippen LogP contribution in [-0.2, 0) is 16.0 Å². The number of carbonyl (C=O) groups excluding carboxylic acids is 1. The Kier molecular flexibility index (Phi) is 2.48. The quantitative estimate of drug-likeness (QED) is 0.884. The highest BCUT2D eigenvalue weighted by atomic mass is 79.9. The molecule has 78 valence electrons. The highest BCUT2D eigenvalue weighted by Gasteiger charge is 2.28. The standard InChI is InChI=1S/C10H8BrNO3/c11-7-1-2-8-6(3-7)4-9(13)12(8)5-10(14)15/h1-3H,4-5H2,(H,14,15). The number of halogens is 1. The van der Waals surface area contributed by atoms with Gasteiger partial charge in [0.1, 0.15) is 6.54 Å². The van der Waals surface area contributed by atoms with Gasteiger partial charge in [-0.05, 0) is 23.8 Å². The molecule has 1 N–H and O–H groups in total. The molecule has 0 bridgehead atoms. The Labute approximate surface area is 94.6 Å². The van der Waals surface area contributed by atoms with Gasteiger partial charge in [0, 0.05) is 10.2 Å². The van der Waals surface area contributed by atoms with Crippen molar-refractivity contribution in [3.05, 3.63) is 28.2 Å².